The fourth-order valence-corrected chi connectivity index (χ4v) is 16.4. The molecule has 2 unspecified atom stereocenters. The highest BCUT2D eigenvalue weighted by Crippen LogP contribution is 2.49. The molecule has 0 spiro atoms. The summed E-state index contributed by atoms with van der Waals surface area (Å²) in [4.78, 5) is 7.95. The molecule has 11 heteroatoms. The summed E-state index contributed by atoms with van der Waals surface area (Å²) in [7, 11) is 0. The van der Waals surface area contributed by atoms with Gasteiger partial charge in [-0.05, 0) is 109 Å². The standard InChI is InChI=1S/C56H50N4S7/c1-5-9-13-35(7-3)25-37-27-53(65-51(37)29-41-17-19-47(61-41)49-23-21-45(63-49)39(31-57)32-58)55-43-15-11-12-16-44(43)56(67-55)54-28-38(26-36(8-4)14-10-6-2)52(66-54)30-42-18-20-48(62-42)50-24-22-46(64-50)40(33-59)34-60/h11-12,15-24,27-30,35-36H,5-10,13-14,25-26H2,1-4H3/b41-29+,42-30+,49-47+,50-48+. The van der Waals surface area contributed by atoms with Crippen molar-refractivity contribution in [1.82, 2.24) is 0 Å². The molecule has 0 radical (unpaired) electrons. The SMILES string of the molecule is CCCCC(CC)Cc1cc(-c2sc(-c3cc(CC(CC)CCCC)c(/C=c4\cc/c(=c5/ccc(=C(C#N)C#N)s5)s4)s3)c3ccccc23)sc1/C=c1\cc/c(=c2/ccc(=C(C#N)C#N)s2)s1. The molecule has 7 aromatic heterocycles. The molecule has 0 fully saturated rings. The molecule has 0 aliphatic rings. The van der Waals surface area contributed by atoms with Crippen molar-refractivity contribution < 1.29 is 0 Å². The Kier molecular flexibility index (Phi) is 16.4. The first kappa shape index (κ1) is 48.3. The van der Waals surface area contributed by atoms with Gasteiger partial charge in [-0.3, -0.25) is 0 Å². The number of nitriles is 4. The van der Waals surface area contributed by atoms with Crippen LogP contribution in [-0.4, -0.2) is 0 Å². The van der Waals surface area contributed by atoms with Crippen LogP contribution in [0.5, 0.6) is 0 Å². The van der Waals surface area contributed by atoms with Gasteiger partial charge >= 0.3 is 0 Å². The Morgan fingerprint density at radius 2 is 0.896 bits per heavy atom. The molecule has 0 amide bonds. The van der Waals surface area contributed by atoms with Crippen LogP contribution in [0.3, 0.4) is 0 Å². The summed E-state index contributed by atoms with van der Waals surface area (Å²) in [6, 6.07) is 38.7. The summed E-state index contributed by atoms with van der Waals surface area (Å²) in [5, 5.41) is 40.4. The minimum Gasteiger partial charge on any atom is -0.192 e. The van der Waals surface area contributed by atoms with Crippen LogP contribution in [0.1, 0.15) is 99.9 Å². The molecule has 0 aliphatic heterocycles. The van der Waals surface area contributed by atoms with Crippen LogP contribution in [0.25, 0.3) is 53.6 Å². The van der Waals surface area contributed by atoms with Crippen molar-refractivity contribution in [2.45, 2.75) is 91.9 Å². The molecule has 2 atom stereocenters. The summed E-state index contributed by atoms with van der Waals surface area (Å²) < 4.78 is 8.25. The number of rotatable bonds is 16. The van der Waals surface area contributed by atoms with E-state index in [9.17, 15) is 21.0 Å². The van der Waals surface area contributed by atoms with Gasteiger partial charge in [0.2, 0.25) is 0 Å². The number of benzene rings is 1. The summed E-state index contributed by atoms with van der Waals surface area (Å²) in [5.74, 6) is 1.26. The van der Waals surface area contributed by atoms with E-state index in [0.29, 0.717) is 20.9 Å². The van der Waals surface area contributed by atoms with E-state index in [1.165, 1.54) is 121 Å². The number of unbranched alkanes of at least 4 members (excludes halogenated alkanes) is 2. The third-order valence-corrected chi connectivity index (χ3v) is 20.8. The van der Waals surface area contributed by atoms with E-state index in [2.05, 4.69) is 101 Å². The number of hydrogen-bond acceptors (Lipinski definition) is 11. The smallest absolute Gasteiger partial charge is 0.146 e. The Morgan fingerprint density at radius 3 is 1.28 bits per heavy atom. The van der Waals surface area contributed by atoms with Crippen molar-refractivity contribution in [3.63, 3.8) is 0 Å². The zero-order valence-corrected chi connectivity index (χ0v) is 43.8. The highest BCUT2D eigenvalue weighted by atomic mass is 32.1. The van der Waals surface area contributed by atoms with Gasteiger partial charge in [0.15, 0.2) is 0 Å². The molecule has 1 aromatic carbocycles. The highest BCUT2D eigenvalue weighted by molar-refractivity contribution is 7.28. The largest absolute Gasteiger partial charge is 0.192 e. The lowest BCUT2D eigenvalue weighted by Crippen LogP contribution is -2.04. The fraction of sp³-hybridized carbons (Fsp3) is 0.286. The Labute approximate surface area is 420 Å². The number of nitrogens with zero attached hydrogens (tertiary/aromatic N) is 4. The second kappa shape index (κ2) is 22.7. The lowest BCUT2D eigenvalue weighted by atomic mass is 9.92. The topological polar surface area (TPSA) is 95.2 Å². The molecular formula is C56H50N4S7. The van der Waals surface area contributed by atoms with Gasteiger partial charge in [-0.2, -0.15) is 21.0 Å². The van der Waals surface area contributed by atoms with Gasteiger partial charge in [0.25, 0.3) is 0 Å². The Morgan fingerprint density at radius 1 is 0.493 bits per heavy atom. The molecule has 8 rings (SSSR count). The normalized spacial score (nSPS) is 13.9. The average Bonchev–Trinajstić information content (AvgIpc) is 4.22. The van der Waals surface area contributed by atoms with E-state index in [1.807, 2.05) is 82.6 Å². The van der Waals surface area contributed by atoms with Gasteiger partial charge in [0.1, 0.15) is 35.4 Å². The second-order valence-corrected chi connectivity index (χ2v) is 24.4. The third kappa shape index (κ3) is 11.1. The molecule has 4 nitrogen and oxygen atoms in total. The van der Waals surface area contributed by atoms with Crippen molar-refractivity contribution in [2.24, 2.45) is 11.8 Å². The van der Waals surface area contributed by atoms with Crippen molar-refractivity contribution in [3.05, 3.63) is 142 Å². The van der Waals surface area contributed by atoms with E-state index in [4.69, 9.17) is 0 Å². The zero-order valence-electron chi connectivity index (χ0n) is 38.1. The van der Waals surface area contributed by atoms with Gasteiger partial charge < -0.3 is 0 Å². The van der Waals surface area contributed by atoms with Crippen LogP contribution >= 0.6 is 79.4 Å². The molecule has 8 aromatic rings. The first-order chi connectivity index (χ1) is 32.8. The molecule has 0 bridgehead atoms. The summed E-state index contributed by atoms with van der Waals surface area (Å²) >= 11 is 12.3. The maximum Gasteiger partial charge on any atom is 0.146 e. The lowest BCUT2D eigenvalue weighted by Gasteiger charge is -2.14. The molecule has 7 heterocycles. The Bertz CT molecular complexity index is 3410. The zero-order chi connectivity index (χ0) is 46.9. The van der Waals surface area contributed by atoms with Crippen LogP contribution < -0.4 is 18.1 Å². The van der Waals surface area contributed by atoms with E-state index < -0.39 is 0 Å². The van der Waals surface area contributed by atoms with Crippen LogP contribution in [0.15, 0.2) is 84.9 Å². The number of thiophene rings is 7. The van der Waals surface area contributed by atoms with E-state index in [0.717, 1.165) is 43.8 Å². The molecule has 336 valence electrons. The minimum atomic E-state index is 0.158. The highest BCUT2D eigenvalue weighted by Gasteiger charge is 2.22. The molecule has 0 N–H and O–H groups in total. The van der Waals surface area contributed by atoms with E-state index >= 15 is 0 Å². The fourth-order valence-electron chi connectivity index (χ4n) is 8.50. The van der Waals surface area contributed by atoms with Crippen LogP contribution in [0.2, 0.25) is 0 Å². The maximum atomic E-state index is 9.44. The van der Waals surface area contributed by atoms with Crippen LogP contribution in [0, 0.1) is 75.3 Å². The number of fused-ring (bicyclic) bond motifs is 1. The lowest BCUT2D eigenvalue weighted by molar-refractivity contribution is 0.449. The predicted octanol–water partition coefficient (Wildman–Crippen LogP) is 14.7. The van der Waals surface area contributed by atoms with Gasteiger partial charge in [0, 0.05) is 57.5 Å². The summed E-state index contributed by atoms with van der Waals surface area (Å²) in [6.07, 6.45) is 16.6. The molecular weight excluding hydrogens is 953 g/mol. The second-order valence-electron chi connectivity index (χ2n) is 16.8. The third-order valence-electron chi connectivity index (χ3n) is 12.3. The molecule has 0 aliphatic carbocycles. The van der Waals surface area contributed by atoms with Gasteiger partial charge in [-0.1, -0.05) is 103 Å². The molecule has 0 saturated heterocycles. The monoisotopic (exact) mass is 1000 g/mol. The first-order valence-electron chi connectivity index (χ1n) is 23.0. The Hall–Kier alpha value is -5.18. The van der Waals surface area contributed by atoms with E-state index in [-0.39, 0.29) is 11.1 Å². The Balaban J connectivity index is 1.24. The average molecular weight is 1000 g/mol. The van der Waals surface area contributed by atoms with Gasteiger partial charge in [-0.15, -0.1) is 79.4 Å². The van der Waals surface area contributed by atoms with Crippen LogP contribution in [-0.2, 0) is 12.8 Å². The summed E-state index contributed by atoms with van der Waals surface area (Å²) in [6.45, 7) is 9.25. The van der Waals surface area contributed by atoms with Gasteiger partial charge in [-0.25, -0.2) is 0 Å². The summed E-state index contributed by atoms with van der Waals surface area (Å²) in [5.41, 5.74) is 3.17. The molecule has 0 saturated carbocycles. The minimum absolute atomic E-state index is 0.158. The van der Waals surface area contributed by atoms with Gasteiger partial charge in [0.05, 0.1) is 18.8 Å². The van der Waals surface area contributed by atoms with Crippen molar-refractivity contribution in [3.8, 4) is 43.8 Å². The first-order valence-corrected chi connectivity index (χ1v) is 28.7. The van der Waals surface area contributed by atoms with Crippen molar-refractivity contribution >= 4 is 113 Å². The van der Waals surface area contributed by atoms with Crippen LogP contribution in [0.4, 0.5) is 0 Å². The van der Waals surface area contributed by atoms with Crippen molar-refractivity contribution in [2.75, 3.05) is 0 Å². The quantitative estimate of drug-likeness (QED) is 0.0963. The van der Waals surface area contributed by atoms with E-state index in [1.54, 1.807) is 22.7 Å². The predicted molar refractivity (Wildman–Crippen MR) is 290 cm³/mol. The van der Waals surface area contributed by atoms with Crippen molar-refractivity contribution in [1.29, 1.82) is 21.0 Å². The maximum absolute atomic E-state index is 9.44. The number of hydrogen-bond donors (Lipinski definition) is 0. The molecule has 67 heavy (non-hydrogen) atoms.